The van der Waals surface area contributed by atoms with Gasteiger partial charge >= 0.3 is 0 Å². The van der Waals surface area contributed by atoms with E-state index in [1.165, 1.54) is 0 Å². The second-order valence-corrected chi connectivity index (χ2v) is 5.71. The van der Waals surface area contributed by atoms with E-state index in [9.17, 15) is 9.59 Å². The van der Waals surface area contributed by atoms with Gasteiger partial charge in [-0.1, -0.05) is 0 Å². The maximum Gasteiger partial charge on any atom is 0.249 e. The van der Waals surface area contributed by atoms with Crippen LogP contribution in [0.4, 0.5) is 0 Å². The van der Waals surface area contributed by atoms with Crippen LogP contribution in [0.5, 0.6) is 0 Å². The summed E-state index contributed by atoms with van der Waals surface area (Å²) in [4.78, 5) is 26.4. The van der Waals surface area contributed by atoms with Crippen molar-refractivity contribution in [2.75, 3.05) is 0 Å². The summed E-state index contributed by atoms with van der Waals surface area (Å²) in [6.45, 7) is 4.03. The molecule has 1 N–H and O–H groups in total. The fourth-order valence-corrected chi connectivity index (χ4v) is 2.75. The molecule has 2 unspecified atom stereocenters. The molecule has 2 heterocycles. The molecule has 1 aromatic rings. The van der Waals surface area contributed by atoms with Crippen LogP contribution in [0, 0.1) is 5.92 Å². The molecule has 1 aliphatic heterocycles. The molecule has 0 aromatic carbocycles. The fourth-order valence-electron chi connectivity index (χ4n) is 2.75. The van der Waals surface area contributed by atoms with E-state index in [0.29, 0.717) is 6.54 Å². The van der Waals surface area contributed by atoms with Crippen molar-refractivity contribution in [3.8, 4) is 0 Å². The minimum atomic E-state index is -0.729. The average molecular weight is 262 g/mol. The zero-order valence-electron chi connectivity index (χ0n) is 11.2. The summed E-state index contributed by atoms with van der Waals surface area (Å²) < 4.78 is 5.03. The van der Waals surface area contributed by atoms with E-state index >= 15 is 0 Å². The summed E-state index contributed by atoms with van der Waals surface area (Å²) in [5.74, 6) is 0.226. The summed E-state index contributed by atoms with van der Waals surface area (Å²) in [5.41, 5.74) is 0.181. The standard InChI is InChI=1S/C14H18N2O3/c1-9-12(17)15-14(2,11-3-4-11)13(18)16(9)7-10-5-6-19-8-10/h5-6,8-9,11H,3-4,7H2,1-2H3,(H,15,17). The Hall–Kier alpha value is -1.78. The number of carbonyl (C=O) groups is 2. The fraction of sp³-hybridized carbons (Fsp3) is 0.571. The lowest BCUT2D eigenvalue weighted by molar-refractivity contribution is -0.155. The van der Waals surface area contributed by atoms with Crippen LogP contribution in [-0.2, 0) is 16.1 Å². The van der Waals surface area contributed by atoms with E-state index in [1.54, 1.807) is 24.3 Å². The molecular formula is C14H18N2O3. The Balaban J connectivity index is 1.87. The van der Waals surface area contributed by atoms with Gasteiger partial charge in [-0.3, -0.25) is 9.59 Å². The molecule has 1 saturated heterocycles. The van der Waals surface area contributed by atoms with E-state index in [2.05, 4.69) is 5.32 Å². The first-order chi connectivity index (χ1) is 9.02. The summed E-state index contributed by atoms with van der Waals surface area (Å²) in [7, 11) is 0. The first-order valence-corrected chi connectivity index (χ1v) is 6.66. The number of hydrogen-bond donors (Lipinski definition) is 1. The molecule has 5 nitrogen and oxygen atoms in total. The lowest BCUT2D eigenvalue weighted by Crippen LogP contribution is -2.69. The molecular weight excluding hydrogens is 244 g/mol. The highest BCUT2D eigenvalue weighted by molar-refractivity contribution is 5.99. The van der Waals surface area contributed by atoms with Gasteiger partial charge in [0.1, 0.15) is 11.6 Å². The Morgan fingerprint density at radius 2 is 2.21 bits per heavy atom. The van der Waals surface area contributed by atoms with Gasteiger partial charge in [-0.05, 0) is 38.7 Å². The number of carbonyl (C=O) groups excluding carboxylic acids is 2. The summed E-state index contributed by atoms with van der Waals surface area (Å²) in [5, 5.41) is 2.91. The Morgan fingerprint density at radius 1 is 1.47 bits per heavy atom. The molecule has 1 saturated carbocycles. The summed E-state index contributed by atoms with van der Waals surface area (Å²) in [6, 6.07) is 1.38. The maximum atomic E-state index is 12.7. The van der Waals surface area contributed by atoms with Crippen molar-refractivity contribution in [1.29, 1.82) is 0 Å². The zero-order valence-corrected chi connectivity index (χ0v) is 11.2. The number of nitrogens with one attached hydrogen (secondary N) is 1. The predicted octanol–water partition coefficient (Wildman–Crippen LogP) is 1.30. The van der Waals surface area contributed by atoms with Crippen LogP contribution in [-0.4, -0.2) is 28.3 Å². The van der Waals surface area contributed by atoms with Crippen molar-refractivity contribution < 1.29 is 14.0 Å². The molecule has 2 atom stereocenters. The first kappa shape index (κ1) is 12.3. The molecule has 2 fully saturated rings. The maximum absolute atomic E-state index is 12.7. The van der Waals surface area contributed by atoms with Crippen LogP contribution in [0.25, 0.3) is 0 Å². The highest BCUT2D eigenvalue weighted by Crippen LogP contribution is 2.42. The SMILES string of the molecule is CC1C(=O)NC(C)(C2CC2)C(=O)N1Cc1ccoc1. The minimum absolute atomic E-state index is 0.0169. The number of piperazine rings is 1. The third-order valence-corrected chi connectivity index (χ3v) is 4.26. The topological polar surface area (TPSA) is 62.6 Å². The van der Waals surface area contributed by atoms with E-state index in [4.69, 9.17) is 4.42 Å². The van der Waals surface area contributed by atoms with Crippen molar-refractivity contribution in [3.05, 3.63) is 24.2 Å². The molecule has 5 heteroatoms. The largest absolute Gasteiger partial charge is 0.472 e. The van der Waals surface area contributed by atoms with Gasteiger partial charge in [0.2, 0.25) is 11.8 Å². The highest BCUT2D eigenvalue weighted by Gasteiger charge is 2.54. The Morgan fingerprint density at radius 3 is 2.79 bits per heavy atom. The number of hydrogen-bond acceptors (Lipinski definition) is 3. The second kappa shape index (κ2) is 4.11. The van der Waals surface area contributed by atoms with Crippen molar-refractivity contribution in [1.82, 2.24) is 10.2 Å². The highest BCUT2D eigenvalue weighted by atomic mass is 16.3. The lowest BCUT2D eigenvalue weighted by atomic mass is 9.89. The molecule has 19 heavy (non-hydrogen) atoms. The van der Waals surface area contributed by atoms with Crippen molar-refractivity contribution >= 4 is 11.8 Å². The van der Waals surface area contributed by atoms with Crippen LogP contribution in [0.1, 0.15) is 32.3 Å². The smallest absolute Gasteiger partial charge is 0.249 e. The lowest BCUT2D eigenvalue weighted by Gasteiger charge is -2.43. The van der Waals surface area contributed by atoms with Gasteiger partial charge in [0, 0.05) is 12.1 Å². The van der Waals surface area contributed by atoms with Gasteiger partial charge in [0.15, 0.2) is 0 Å². The molecule has 1 aromatic heterocycles. The summed E-state index contributed by atoms with van der Waals surface area (Å²) in [6.07, 6.45) is 5.21. The van der Waals surface area contributed by atoms with Gasteiger partial charge in [-0.15, -0.1) is 0 Å². The van der Waals surface area contributed by atoms with E-state index < -0.39 is 11.6 Å². The number of nitrogens with zero attached hydrogens (tertiary/aromatic N) is 1. The monoisotopic (exact) mass is 262 g/mol. The van der Waals surface area contributed by atoms with Gasteiger partial charge in [0.05, 0.1) is 12.5 Å². The molecule has 2 amide bonds. The summed E-state index contributed by atoms with van der Waals surface area (Å²) >= 11 is 0. The van der Waals surface area contributed by atoms with Crippen molar-refractivity contribution in [2.24, 2.45) is 5.92 Å². The molecule has 102 valence electrons. The van der Waals surface area contributed by atoms with Crippen LogP contribution >= 0.6 is 0 Å². The molecule has 1 aliphatic carbocycles. The molecule has 0 radical (unpaired) electrons. The number of furan rings is 1. The third-order valence-electron chi connectivity index (χ3n) is 4.26. The van der Waals surface area contributed by atoms with Gasteiger partial charge in [-0.25, -0.2) is 0 Å². The van der Waals surface area contributed by atoms with Crippen LogP contribution in [0.15, 0.2) is 23.0 Å². The normalized spacial score (nSPS) is 31.5. The molecule has 0 spiro atoms. The number of rotatable bonds is 3. The zero-order chi connectivity index (χ0) is 13.6. The molecule has 3 rings (SSSR count). The average Bonchev–Trinajstić information content (AvgIpc) is 3.12. The Labute approximate surface area is 111 Å². The van der Waals surface area contributed by atoms with E-state index in [0.717, 1.165) is 18.4 Å². The van der Waals surface area contributed by atoms with E-state index in [-0.39, 0.29) is 17.7 Å². The van der Waals surface area contributed by atoms with Gasteiger partial charge in [0.25, 0.3) is 0 Å². The second-order valence-electron chi connectivity index (χ2n) is 5.71. The quantitative estimate of drug-likeness (QED) is 0.893. The first-order valence-electron chi connectivity index (χ1n) is 6.66. The number of amides is 2. The minimum Gasteiger partial charge on any atom is -0.472 e. The van der Waals surface area contributed by atoms with Crippen LogP contribution < -0.4 is 5.32 Å². The molecule has 0 bridgehead atoms. The van der Waals surface area contributed by atoms with Gasteiger partial charge < -0.3 is 14.6 Å². The molecule has 2 aliphatic rings. The third kappa shape index (κ3) is 1.93. The van der Waals surface area contributed by atoms with Crippen molar-refractivity contribution in [2.45, 2.75) is 44.8 Å². The van der Waals surface area contributed by atoms with E-state index in [1.807, 2.05) is 13.0 Å². The predicted molar refractivity (Wildman–Crippen MR) is 68.0 cm³/mol. The van der Waals surface area contributed by atoms with Crippen LogP contribution in [0.2, 0.25) is 0 Å². The van der Waals surface area contributed by atoms with Crippen molar-refractivity contribution in [3.63, 3.8) is 0 Å². The Bertz CT molecular complexity index is 507. The van der Waals surface area contributed by atoms with Gasteiger partial charge in [-0.2, -0.15) is 0 Å². The Kier molecular flexibility index (Phi) is 2.66. The van der Waals surface area contributed by atoms with Crippen LogP contribution in [0.3, 0.4) is 0 Å².